The average molecular weight is 410 g/mol. The zero-order valence-corrected chi connectivity index (χ0v) is 16.7. The monoisotopic (exact) mass is 410 g/mol. The summed E-state index contributed by atoms with van der Waals surface area (Å²) in [5.41, 5.74) is 0.0152. The summed E-state index contributed by atoms with van der Waals surface area (Å²) in [5.74, 6) is -0.964. The fraction of sp³-hybridized carbons (Fsp3) is 0.579. The molecule has 1 amide bonds. The van der Waals surface area contributed by atoms with Crippen molar-refractivity contribution < 1.29 is 27.5 Å². The Morgan fingerprint density at radius 3 is 2.57 bits per heavy atom. The van der Waals surface area contributed by atoms with Gasteiger partial charge in [-0.2, -0.15) is 4.31 Å². The topological polar surface area (TPSA) is 102 Å². The fourth-order valence-corrected chi connectivity index (χ4v) is 5.28. The number of hydrogen-bond acceptors (Lipinski definition) is 6. The van der Waals surface area contributed by atoms with Gasteiger partial charge in [-0.3, -0.25) is 4.79 Å². The summed E-state index contributed by atoms with van der Waals surface area (Å²) >= 11 is 0. The lowest BCUT2D eigenvalue weighted by molar-refractivity contribution is -0.126. The smallest absolute Gasteiger partial charge is 0.339 e. The molecule has 1 aromatic rings. The predicted octanol–water partition coefficient (Wildman–Crippen LogP) is 1.17. The first kappa shape index (κ1) is 20.8. The predicted molar refractivity (Wildman–Crippen MR) is 101 cm³/mol. The Morgan fingerprint density at radius 2 is 1.93 bits per heavy atom. The number of sulfonamides is 1. The van der Waals surface area contributed by atoms with Crippen LogP contribution in [0.5, 0.6) is 0 Å². The number of piperidine rings is 1. The minimum Gasteiger partial charge on any atom is -0.465 e. The van der Waals surface area contributed by atoms with Gasteiger partial charge in [0.05, 0.1) is 23.7 Å². The highest BCUT2D eigenvalue weighted by molar-refractivity contribution is 7.89. The summed E-state index contributed by atoms with van der Waals surface area (Å²) in [4.78, 5) is 24.2. The number of hydrogen-bond donors (Lipinski definition) is 1. The molecule has 28 heavy (non-hydrogen) atoms. The first-order chi connectivity index (χ1) is 13.4. The highest BCUT2D eigenvalue weighted by Gasteiger charge is 2.34. The van der Waals surface area contributed by atoms with Crippen LogP contribution < -0.4 is 5.32 Å². The Morgan fingerprint density at radius 1 is 1.21 bits per heavy atom. The summed E-state index contributed by atoms with van der Waals surface area (Å²) in [6.45, 7) is 1.71. The summed E-state index contributed by atoms with van der Waals surface area (Å²) in [6, 6.07) is 6.01. The van der Waals surface area contributed by atoms with Crippen LogP contribution in [-0.4, -0.2) is 64.1 Å². The Balaban J connectivity index is 1.61. The van der Waals surface area contributed by atoms with Gasteiger partial charge in [0.25, 0.3) is 0 Å². The fourth-order valence-electron chi connectivity index (χ4n) is 3.63. The molecule has 2 fully saturated rings. The third-order valence-electron chi connectivity index (χ3n) is 5.26. The van der Waals surface area contributed by atoms with Crippen LogP contribution in [0.2, 0.25) is 0 Å². The van der Waals surface area contributed by atoms with Crippen molar-refractivity contribution in [1.82, 2.24) is 9.62 Å². The van der Waals surface area contributed by atoms with Crippen molar-refractivity contribution >= 4 is 21.9 Å². The molecular formula is C19H26N2O6S. The van der Waals surface area contributed by atoms with E-state index in [0.29, 0.717) is 19.4 Å². The maximum atomic E-state index is 13.0. The number of ether oxygens (including phenoxy) is 2. The molecule has 8 nitrogen and oxygen atoms in total. The van der Waals surface area contributed by atoms with Gasteiger partial charge >= 0.3 is 5.97 Å². The molecule has 2 saturated heterocycles. The van der Waals surface area contributed by atoms with Crippen LogP contribution in [0.1, 0.15) is 36.0 Å². The van der Waals surface area contributed by atoms with E-state index in [1.807, 2.05) is 0 Å². The lowest BCUT2D eigenvalue weighted by Crippen LogP contribution is -2.44. The molecule has 154 valence electrons. The second-order valence-corrected chi connectivity index (χ2v) is 8.95. The van der Waals surface area contributed by atoms with Crippen LogP contribution in [0.15, 0.2) is 29.2 Å². The standard InChI is InChI=1S/C19H26N2O6S/c1-26-19(23)16-6-2-3-7-17(16)28(24,25)21-10-8-14(9-11-21)18(22)20-13-15-5-4-12-27-15/h2-3,6-7,14-15H,4-5,8-13H2,1H3,(H,20,22)/t15-/m1/s1. The van der Waals surface area contributed by atoms with E-state index in [1.165, 1.54) is 23.5 Å². The van der Waals surface area contributed by atoms with E-state index in [4.69, 9.17) is 9.47 Å². The van der Waals surface area contributed by atoms with Crippen molar-refractivity contribution in [3.05, 3.63) is 29.8 Å². The van der Waals surface area contributed by atoms with Gasteiger partial charge in [0.2, 0.25) is 15.9 Å². The number of nitrogens with zero attached hydrogens (tertiary/aromatic N) is 1. The molecule has 1 atom stereocenters. The maximum Gasteiger partial charge on any atom is 0.339 e. The molecule has 1 aromatic carbocycles. The van der Waals surface area contributed by atoms with E-state index in [9.17, 15) is 18.0 Å². The molecule has 1 N–H and O–H groups in total. The minimum absolute atomic E-state index is 0.0152. The quantitative estimate of drug-likeness (QED) is 0.707. The molecular weight excluding hydrogens is 384 g/mol. The Hall–Kier alpha value is -1.97. The Kier molecular flexibility index (Phi) is 6.69. The first-order valence-corrected chi connectivity index (χ1v) is 10.9. The number of amides is 1. The van der Waals surface area contributed by atoms with E-state index in [-0.39, 0.29) is 41.5 Å². The molecule has 3 rings (SSSR count). The minimum atomic E-state index is -3.84. The molecule has 0 unspecified atom stereocenters. The summed E-state index contributed by atoms with van der Waals surface area (Å²) in [6.07, 6.45) is 2.94. The normalized spacial score (nSPS) is 21.4. The van der Waals surface area contributed by atoms with Crippen molar-refractivity contribution in [2.75, 3.05) is 33.4 Å². The molecule has 0 aliphatic carbocycles. The zero-order valence-electron chi connectivity index (χ0n) is 15.9. The highest BCUT2D eigenvalue weighted by Crippen LogP contribution is 2.26. The second-order valence-electron chi connectivity index (χ2n) is 7.05. The SMILES string of the molecule is COC(=O)c1ccccc1S(=O)(=O)N1CCC(C(=O)NC[C@H]2CCCO2)CC1. The average Bonchev–Trinajstić information content (AvgIpc) is 3.25. The van der Waals surface area contributed by atoms with Gasteiger partial charge in [0.1, 0.15) is 0 Å². The van der Waals surface area contributed by atoms with Gasteiger partial charge in [0, 0.05) is 32.2 Å². The lowest BCUT2D eigenvalue weighted by atomic mass is 9.97. The van der Waals surface area contributed by atoms with Crippen LogP contribution in [0, 0.1) is 5.92 Å². The van der Waals surface area contributed by atoms with Crippen LogP contribution in [0.3, 0.4) is 0 Å². The molecule has 2 aliphatic rings. The molecule has 0 bridgehead atoms. The van der Waals surface area contributed by atoms with Crippen molar-refractivity contribution in [3.8, 4) is 0 Å². The lowest BCUT2D eigenvalue weighted by Gasteiger charge is -2.31. The first-order valence-electron chi connectivity index (χ1n) is 9.50. The van der Waals surface area contributed by atoms with Crippen molar-refractivity contribution in [1.29, 1.82) is 0 Å². The second kappa shape index (κ2) is 9.02. The molecule has 0 saturated carbocycles. The van der Waals surface area contributed by atoms with E-state index in [1.54, 1.807) is 12.1 Å². The van der Waals surface area contributed by atoms with Crippen LogP contribution in [0.4, 0.5) is 0 Å². The van der Waals surface area contributed by atoms with Crippen molar-refractivity contribution in [3.63, 3.8) is 0 Å². The van der Waals surface area contributed by atoms with Gasteiger partial charge in [-0.15, -0.1) is 0 Å². The number of carbonyl (C=O) groups excluding carboxylic acids is 2. The number of carbonyl (C=O) groups is 2. The molecule has 2 aliphatic heterocycles. The Bertz CT molecular complexity index is 811. The van der Waals surface area contributed by atoms with Crippen molar-refractivity contribution in [2.45, 2.75) is 36.7 Å². The number of benzene rings is 1. The van der Waals surface area contributed by atoms with E-state index < -0.39 is 16.0 Å². The van der Waals surface area contributed by atoms with Crippen LogP contribution >= 0.6 is 0 Å². The number of methoxy groups -OCH3 is 1. The maximum absolute atomic E-state index is 13.0. The van der Waals surface area contributed by atoms with E-state index in [2.05, 4.69) is 5.32 Å². The molecule has 0 radical (unpaired) electrons. The van der Waals surface area contributed by atoms with Gasteiger partial charge in [-0.05, 0) is 37.8 Å². The molecule has 2 heterocycles. The van der Waals surface area contributed by atoms with E-state index in [0.717, 1.165) is 19.4 Å². The molecule has 0 spiro atoms. The zero-order chi connectivity index (χ0) is 20.1. The third kappa shape index (κ3) is 4.53. The largest absolute Gasteiger partial charge is 0.465 e. The number of rotatable bonds is 6. The highest BCUT2D eigenvalue weighted by atomic mass is 32.2. The van der Waals surface area contributed by atoms with Gasteiger partial charge < -0.3 is 14.8 Å². The number of esters is 1. The van der Waals surface area contributed by atoms with Gasteiger partial charge in [-0.1, -0.05) is 12.1 Å². The number of nitrogens with one attached hydrogen (secondary N) is 1. The summed E-state index contributed by atoms with van der Waals surface area (Å²) < 4.78 is 37.5. The third-order valence-corrected chi connectivity index (χ3v) is 7.22. The van der Waals surface area contributed by atoms with E-state index >= 15 is 0 Å². The molecule has 0 aromatic heterocycles. The summed E-state index contributed by atoms with van der Waals surface area (Å²) in [5, 5.41) is 2.92. The van der Waals surface area contributed by atoms with Crippen molar-refractivity contribution in [2.24, 2.45) is 5.92 Å². The summed E-state index contributed by atoms with van der Waals surface area (Å²) in [7, 11) is -2.63. The van der Waals surface area contributed by atoms with Gasteiger partial charge in [-0.25, -0.2) is 13.2 Å². The Labute approximate surface area is 165 Å². The molecule has 9 heteroatoms. The van der Waals surface area contributed by atoms with Gasteiger partial charge in [0.15, 0.2) is 0 Å². The van der Waals surface area contributed by atoms with Crippen LogP contribution in [0.25, 0.3) is 0 Å². The van der Waals surface area contributed by atoms with Crippen LogP contribution in [-0.2, 0) is 24.3 Å².